The Morgan fingerprint density at radius 3 is 2.05 bits per heavy atom. The maximum atomic E-state index is 10.7. The third kappa shape index (κ3) is 12.5. The first-order valence-corrected chi connectivity index (χ1v) is 8.42. The van der Waals surface area contributed by atoms with Crippen molar-refractivity contribution in [3.05, 3.63) is 0 Å². The van der Waals surface area contributed by atoms with Crippen molar-refractivity contribution in [3.8, 4) is 0 Å². The Morgan fingerprint density at radius 1 is 0.950 bits per heavy atom. The van der Waals surface area contributed by atoms with Crippen molar-refractivity contribution in [1.82, 2.24) is 0 Å². The highest BCUT2D eigenvalue weighted by atomic mass is 16.5. The molecule has 0 aromatic heterocycles. The predicted octanol–water partition coefficient (Wildman–Crippen LogP) is 5.03. The fraction of sp³-hybridized carbons (Fsp3) is 0.941. The molecule has 0 aliphatic rings. The molecule has 0 rings (SSSR count). The normalized spacial score (nSPS) is 14.2. The summed E-state index contributed by atoms with van der Waals surface area (Å²) in [5, 5.41) is 8.80. The molecule has 0 saturated carbocycles. The van der Waals surface area contributed by atoms with Gasteiger partial charge in [0.1, 0.15) is 0 Å². The molecule has 0 aliphatic carbocycles. The summed E-state index contributed by atoms with van der Waals surface area (Å²) in [5.74, 6) is -0.968. The molecular formula is C17H34O3. The molecule has 0 amide bonds. The van der Waals surface area contributed by atoms with Crippen LogP contribution in [0.1, 0.15) is 85.0 Å². The molecular weight excluding hydrogens is 252 g/mol. The Morgan fingerprint density at radius 2 is 1.50 bits per heavy atom. The van der Waals surface area contributed by atoms with Crippen LogP contribution in [0.15, 0.2) is 0 Å². The smallest absolute Gasteiger partial charge is 0.306 e. The van der Waals surface area contributed by atoms with E-state index in [4.69, 9.17) is 9.84 Å². The van der Waals surface area contributed by atoms with Crippen LogP contribution in [0.25, 0.3) is 0 Å². The second-order valence-electron chi connectivity index (χ2n) is 5.97. The summed E-state index contributed by atoms with van der Waals surface area (Å²) in [4.78, 5) is 10.7. The molecule has 0 fully saturated rings. The van der Waals surface area contributed by atoms with Crippen LogP contribution in [0, 0.1) is 5.92 Å². The van der Waals surface area contributed by atoms with E-state index in [9.17, 15) is 4.79 Å². The van der Waals surface area contributed by atoms with E-state index in [1.54, 1.807) is 6.92 Å². The number of hydrogen-bond acceptors (Lipinski definition) is 2. The number of rotatable bonds is 14. The van der Waals surface area contributed by atoms with Gasteiger partial charge in [0.25, 0.3) is 0 Å². The van der Waals surface area contributed by atoms with Gasteiger partial charge >= 0.3 is 5.97 Å². The Balaban J connectivity index is 3.27. The predicted molar refractivity (Wildman–Crippen MR) is 84.1 cm³/mol. The molecule has 0 aliphatic heterocycles. The van der Waals surface area contributed by atoms with Gasteiger partial charge in [-0.1, -0.05) is 58.8 Å². The molecule has 20 heavy (non-hydrogen) atoms. The number of aliphatic carboxylic acids is 1. The monoisotopic (exact) mass is 286 g/mol. The van der Waals surface area contributed by atoms with Crippen molar-refractivity contribution >= 4 is 5.97 Å². The lowest BCUT2D eigenvalue weighted by molar-refractivity contribution is -0.141. The van der Waals surface area contributed by atoms with Crippen LogP contribution in [0.2, 0.25) is 0 Å². The highest BCUT2D eigenvalue weighted by Gasteiger charge is 2.12. The van der Waals surface area contributed by atoms with Crippen molar-refractivity contribution < 1.29 is 14.6 Å². The van der Waals surface area contributed by atoms with Gasteiger partial charge in [0.05, 0.1) is 12.0 Å². The fourth-order valence-corrected chi connectivity index (χ4v) is 2.21. The summed E-state index contributed by atoms with van der Waals surface area (Å²) in [6.45, 7) is 6.86. The molecule has 0 radical (unpaired) electrons. The highest BCUT2D eigenvalue weighted by molar-refractivity contribution is 5.69. The molecule has 0 aromatic rings. The van der Waals surface area contributed by atoms with Crippen molar-refractivity contribution in [3.63, 3.8) is 0 Å². The summed E-state index contributed by atoms with van der Waals surface area (Å²) < 4.78 is 5.72. The molecule has 0 bridgehead atoms. The van der Waals surface area contributed by atoms with Crippen LogP contribution >= 0.6 is 0 Å². The van der Waals surface area contributed by atoms with E-state index >= 15 is 0 Å². The van der Waals surface area contributed by atoms with Crippen molar-refractivity contribution in [2.24, 2.45) is 5.92 Å². The second-order valence-corrected chi connectivity index (χ2v) is 5.97. The van der Waals surface area contributed by atoms with Gasteiger partial charge in [0, 0.05) is 6.61 Å². The molecule has 1 N–H and O–H groups in total. The fourth-order valence-electron chi connectivity index (χ4n) is 2.21. The molecule has 0 spiro atoms. The number of unbranched alkanes of at least 4 members (excludes halogenated alkanes) is 7. The standard InChI is InChI=1S/C17H34O3/c1-4-5-6-7-8-9-10-11-14-20-16(3)13-12-15(2)17(18)19/h15-16H,4-14H2,1-3H3,(H,18,19). The largest absolute Gasteiger partial charge is 0.481 e. The van der Waals surface area contributed by atoms with Gasteiger partial charge in [-0.3, -0.25) is 4.79 Å². The quantitative estimate of drug-likeness (QED) is 0.455. The molecule has 0 aromatic carbocycles. The first-order chi connectivity index (χ1) is 9.57. The van der Waals surface area contributed by atoms with Crippen molar-refractivity contribution in [2.45, 2.75) is 91.1 Å². The number of hydrogen-bond donors (Lipinski definition) is 1. The van der Waals surface area contributed by atoms with E-state index in [2.05, 4.69) is 6.92 Å². The van der Waals surface area contributed by atoms with Gasteiger partial charge in [0.2, 0.25) is 0 Å². The molecule has 0 saturated heterocycles. The number of ether oxygens (including phenoxy) is 1. The van der Waals surface area contributed by atoms with Crippen LogP contribution in [-0.2, 0) is 9.53 Å². The molecule has 2 unspecified atom stereocenters. The molecule has 120 valence electrons. The van der Waals surface area contributed by atoms with Gasteiger partial charge in [-0.15, -0.1) is 0 Å². The minimum Gasteiger partial charge on any atom is -0.481 e. The first kappa shape index (κ1) is 19.4. The van der Waals surface area contributed by atoms with Gasteiger partial charge in [0.15, 0.2) is 0 Å². The number of carboxylic acids is 1. The van der Waals surface area contributed by atoms with Crippen LogP contribution in [-0.4, -0.2) is 23.8 Å². The summed E-state index contributed by atoms with van der Waals surface area (Å²) in [7, 11) is 0. The molecule has 2 atom stereocenters. The lowest BCUT2D eigenvalue weighted by Crippen LogP contribution is -2.15. The SMILES string of the molecule is CCCCCCCCCCOC(C)CCC(C)C(=O)O. The maximum absolute atomic E-state index is 10.7. The Labute approximate surface area is 125 Å². The zero-order valence-corrected chi connectivity index (χ0v) is 13.7. The molecule has 3 nitrogen and oxygen atoms in total. The van der Waals surface area contributed by atoms with Crippen molar-refractivity contribution in [2.75, 3.05) is 6.61 Å². The minimum atomic E-state index is -0.708. The van der Waals surface area contributed by atoms with Gasteiger partial charge in [-0.25, -0.2) is 0 Å². The van der Waals surface area contributed by atoms with E-state index in [1.165, 1.54) is 44.9 Å². The topological polar surface area (TPSA) is 46.5 Å². The lowest BCUT2D eigenvalue weighted by Gasteiger charge is -2.14. The Kier molecular flexibility index (Phi) is 13.0. The van der Waals surface area contributed by atoms with Gasteiger partial charge < -0.3 is 9.84 Å². The summed E-state index contributed by atoms with van der Waals surface area (Å²) >= 11 is 0. The Hall–Kier alpha value is -0.570. The van der Waals surface area contributed by atoms with Crippen LogP contribution in [0.4, 0.5) is 0 Å². The van der Waals surface area contributed by atoms with Crippen LogP contribution in [0.5, 0.6) is 0 Å². The average Bonchev–Trinajstić information content (AvgIpc) is 2.42. The van der Waals surface area contributed by atoms with E-state index < -0.39 is 5.97 Å². The number of carbonyl (C=O) groups is 1. The van der Waals surface area contributed by atoms with Gasteiger partial charge in [-0.05, 0) is 26.2 Å². The average molecular weight is 286 g/mol. The highest BCUT2D eigenvalue weighted by Crippen LogP contribution is 2.12. The first-order valence-electron chi connectivity index (χ1n) is 8.42. The van der Waals surface area contributed by atoms with Gasteiger partial charge in [-0.2, -0.15) is 0 Å². The Bertz CT molecular complexity index is 228. The molecule has 3 heteroatoms. The second kappa shape index (κ2) is 13.4. The number of carboxylic acid groups (broad SMARTS) is 1. The zero-order valence-electron chi connectivity index (χ0n) is 13.7. The third-order valence-electron chi connectivity index (χ3n) is 3.83. The van der Waals surface area contributed by atoms with E-state index in [-0.39, 0.29) is 12.0 Å². The van der Waals surface area contributed by atoms with Crippen molar-refractivity contribution in [1.29, 1.82) is 0 Å². The van der Waals surface area contributed by atoms with Crippen LogP contribution in [0.3, 0.4) is 0 Å². The van der Waals surface area contributed by atoms with Crippen LogP contribution < -0.4 is 0 Å². The van der Waals surface area contributed by atoms with E-state index in [0.29, 0.717) is 6.42 Å². The minimum absolute atomic E-state index is 0.182. The van der Waals surface area contributed by atoms with E-state index in [1.807, 2.05) is 6.92 Å². The zero-order chi connectivity index (χ0) is 15.2. The van der Waals surface area contributed by atoms with E-state index in [0.717, 1.165) is 19.4 Å². The lowest BCUT2D eigenvalue weighted by atomic mass is 10.0. The summed E-state index contributed by atoms with van der Waals surface area (Å²) in [6.07, 6.45) is 12.2. The summed E-state index contributed by atoms with van der Waals surface area (Å²) in [6, 6.07) is 0. The maximum Gasteiger partial charge on any atom is 0.306 e. The third-order valence-corrected chi connectivity index (χ3v) is 3.83. The molecule has 0 heterocycles. The summed E-state index contributed by atoms with van der Waals surface area (Å²) in [5.41, 5.74) is 0.